The molecule has 1 unspecified atom stereocenters. The number of benzene rings is 1. The summed E-state index contributed by atoms with van der Waals surface area (Å²) in [4.78, 5) is 12.3. The molecular formula is C18H28N2O3. The molecule has 0 saturated heterocycles. The molecule has 0 radical (unpaired) electrons. The van der Waals surface area contributed by atoms with Crippen LogP contribution < -0.4 is 11.1 Å². The lowest BCUT2D eigenvalue weighted by atomic mass is 9.74. The summed E-state index contributed by atoms with van der Waals surface area (Å²) in [6.07, 6.45) is 1.84. The fourth-order valence-electron chi connectivity index (χ4n) is 3.06. The Bertz CT molecular complexity index is 517. The molecule has 2 rings (SSSR count). The minimum absolute atomic E-state index is 0.301. The van der Waals surface area contributed by atoms with Gasteiger partial charge in [-0.25, -0.2) is 4.79 Å². The average Bonchev–Trinajstić information content (AvgIpc) is 2.47. The second kappa shape index (κ2) is 6.89. The van der Waals surface area contributed by atoms with Crippen LogP contribution in [0.1, 0.15) is 58.1 Å². The fraction of sp³-hybridized carbons (Fsp3) is 0.611. The van der Waals surface area contributed by atoms with E-state index < -0.39 is 17.2 Å². The zero-order valence-corrected chi connectivity index (χ0v) is 14.2. The van der Waals surface area contributed by atoms with E-state index >= 15 is 0 Å². The molecule has 5 heteroatoms. The predicted molar refractivity (Wildman–Crippen MR) is 89.9 cm³/mol. The Balaban J connectivity index is 2.21. The molecule has 0 aliphatic heterocycles. The number of rotatable bonds is 3. The summed E-state index contributed by atoms with van der Waals surface area (Å²) >= 11 is 0. The zero-order valence-electron chi connectivity index (χ0n) is 14.2. The number of hydrogen-bond acceptors (Lipinski definition) is 4. The van der Waals surface area contributed by atoms with Gasteiger partial charge in [0.05, 0.1) is 12.1 Å². The standard InChI is InChI=1S/C18H28N2O3/c1-17(2,3)23-16(22)20-15(13-7-5-4-6-8-13)18(19)11-9-14(21)10-12-18/h4-8,14-15,21H,9-12,19H2,1-3H3,(H,20,22). The molecule has 0 aromatic heterocycles. The first-order valence-electron chi connectivity index (χ1n) is 8.21. The Hall–Kier alpha value is -1.59. The van der Waals surface area contributed by atoms with Gasteiger partial charge in [-0.05, 0) is 52.0 Å². The molecule has 1 fully saturated rings. The normalized spacial score (nSPS) is 26.4. The molecule has 0 bridgehead atoms. The largest absolute Gasteiger partial charge is 0.444 e. The SMILES string of the molecule is CC(C)(C)OC(=O)NC(c1ccccc1)C1(N)CCC(O)CC1. The van der Waals surface area contributed by atoms with Crippen LogP contribution in [-0.2, 0) is 4.74 Å². The number of nitrogens with two attached hydrogens (primary N) is 1. The molecule has 0 spiro atoms. The summed E-state index contributed by atoms with van der Waals surface area (Å²) in [5.41, 5.74) is 6.44. The van der Waals surface area contributed by atoms with Crippen molar-refractivity contribution in [2.75, 3.05) is 0 Å². The highest BCUT2D eigenvalue weighted by Gasteiger charge is 2.40. The van der Waals surface area contributed by atoms with E-state index in [0.29, 0.717) is 25.7 Å². The van der Waals surface area contributed by atoms with Crippen LogP contribution in [-0.4, -0.2) is 28.4 Å². The predicted octanol–water partition coefficient (Wildman–Crippen LogP) is 2.88. The smallest absolute Gasteiger partial charge is 0.408 e. The Labute approximate surface area is 138 Å². The summed E-state index contributed by atoms with van der Waals surface area (Å²) < 4.78 is 5.39. The molecular weight excluding hydrogens is 292 g/mol. The number of alkyl carbamates (subject to hydrolysis) is 1. The van der Waals surface area contributed by atoms with E-state index in [0.717, 1.165) is 5.56 Å². The highest BCUT2D eigenvalue weighted by molar-refractivity contribution is 5.68. The van der Waals surface area contributed by atoms with Crippen LogP contribution >= 0.6 is 0 Å². The molecule has 1 aromatic rings. The minimum atomic E-state index is -0.586. The second-order valence-corrected chi connectivity index (χ2v) is 7.45. The Morgan fingerprint density at radius 1 is 1.30 bits per heavy atom. The van der Waals surface area contributed by atoms with Crippen molar-refractivity contribution < 1.29 is 14.6 Å². The highest BCUT2D eigenvalue weighted by Crippen LogP contribution is 2.36. The van der Waals surface area contributed by atoms with Gasteiger partial charge in [-0.15, -0.1) is 0 Å². The Morgan fingerprint density at radius 2 is 1.87 bits per heavy atom. The van der Waals surface area contributed by atoms with Gasteiger partial charge in [0.15, 0.2) is 0 Å². The van der Waals surface area contributed by atoms with Crippen LogP contribution in [0.25, 0.3) is 0 Å². The molecule has 5 nitrogen and oxygen atoms in total. The van der Waals surface area contributed by atoms with Crippen molar-refractivity contribution in [1.82, 2.24) is 5.32 Å². The summed E-state index contributed by atoms with van der Waals surface area (Å²) in [6, 6.07) is 9.37. The van der Waals surface area contributed by atoms with Gasteiger partial charge in [0.1, 0.15) is 5.60 Å². The van der Waals surface area contributed by atoms with Crippen molar-refractivity contribution in [2.45, 2.75) is 69.7 Å². The van der Waals surface area contributed by atoms with Crippen molar-refractivity contribution in [3.63, 3.8) is 0 Å². The van der Waals surface area contributed by atoms with Gasteiger partial charge in [-0.3, -0.25) is 0 Å². The lowest BCUT2D eigenvalue weighted by Gasteiger charge is -2.42. The van der Waals surface area contributed by atoms with E-state index in [9.17, 15) is 9.90 Å². The van der Waals surface area contributed by atoms with Crippen molar-refractivity contribution in [2.24, 2.45) is 5.73 Å². The Kier molecular flexibility index (Phi) is 5.32. The van der Waals surface area contributed by atoms with Gasteiger partial charge in [0, 0.05) is 5.54 Å². The van der Waals surface area contributed by atoms with Crippen LogP contribution in [0.3, 0.4) is 0 Å². The van der Waals surface area contributed by atoms with Gasteiger partial charge < -0.3 is 20.9 Å². The van der Waals surface area contributed by atoms with Crippen LogP contribution in [0.4, 0.5) is 4.79 Å². The summed E-state index contributed by atoms with van der Waals surface area (Å²) in [6.45, 7) is 5.50. The van der Waals surface area contributed by atoms with Crippen molar-refractivity contribution in [3.8, 4) is 0 Å². The summed E-state index contributed by atoms with van der Waals surface area (Å²) in [5, 5.41) is 12.7. The maximum atomic E-state index is 12.3. The van der Waals surface area contributed by atoms with Crippen LogP contribution in [0.5, 0.6) is 0 Å². The third-order valence-electron chi connectivity index (χ3n) is 4.25. The third kappa shape index (κ3) is 4.94. The number of aliphatic hydroxyl groups is 1. The summed E-state index contributed by atoms with van der Waals surface area (Å²) in [5.74, 6) is 0. The van der Waals surface area contributed by atoms with Crippen LogP contribution in [0.2, 0.25) is 0 Å². The van der Waals surface area contributed by atoms with Crippen LogP contribution in [0.15, 0.2) is 30.3 Å². The number of carbonyl (C=O) groups is 1. The van der Waals surface area contributed by atoms with Crippen molar-refractivity contribution >= 4 is 6.09 Å². The molecule has 1 atom stereocenters. The minimum Gasteiger partial charge on any atom is -0.444 e. The molecule has 1 aromatic carbocycles. The van der Waals surface area contributed by atoms with Crippen molar-refractivity contribution in [3.05, 3.63) is 35.9 Å². The topological polar surface area (TPSA) is 84.6 Å². The first-order valence-corrected chi connectivity index (χ1v) is 8.21. The highest BCUT2D eigenvalue weighted by atomic mass is 16.6. The second-order valence-electron chi connectivity index (χ2n) is 7.45. The van der Waals surface area contributed by atoms with Gasteiger partial charge in [-0.1, -0.05) is 30.3 Å². The number of nitrogens with one attached hydrogen (secondary N) is 1. The third-order valence-corrected chi connectivity index (χ3v) is 4.25. The molecule has 0 heterocycles. The maximum absolute atomic E-state index is 12.3. The lowest BCUT2D eigenvalue weighted by Crippen LogP contribution is -2.55. The van der Waals surface area contributed by atoms with E-state index in [2.05, 4.69) is 5.32 Å². The molecule has 128 valence electrons. The van der Waals surface area contributed by atoms with Gasteiger partial charge in [0.2, 0.25) is 0 Å². The molecule has 4 N–H and O–H groups in total. The van der Waals surface area contributed by atoms with Crippen LogP contribution in [0, 0.1) is 0 Å². The van der Waals surface area contributed by atoms with Crippen molar-refractivity contribution in [1.29, 1.82) is 0 Å². The van der Waals surface area contributed by atoms with E-state index in [1.54, 1.807) is 0 Å². The van der Waals surface area contributed by atoms with E-state index in [1.165, 1.54) is 0 Å². The molecule has 1 aliphatic carbocycles. The Morgan fingerprint density at radius 3 is 2.39 bits per heavy atom. The van der Waals surface area contributed by atoms with E-state index in [4.69, 9.17) is 10.5 Å². The summed E-state index contributed by atoms with van der Waals surface area (Å²) in [7, 11) is 0. The molecule has 1 saturated carbocycles. The van der Waals surface area contributed by atoms with Gasteiger partial charge in [-0.2, -0.15) is 0 Å². The zero-order chi connectivity index (χ0) is 17.1. The lowest BCUT2D eigenvalue weighted by molar-refractivity contribution is 0.0417. The van der Waals surface area contributed by atoms with E-state index in [1.807, 2.05) is 51.1 Å². The monoisotopic (exact) mass is 320 g/mol. The van der Waals surface area contributed by atoms with Gasteiger partial charge >= 0.3 is 6.09 Å². The average molecular weight is 320 g/mol. The number of carbonyl (C=O) groups excluding carboxylic acids is 1. The molecule has 1 amide bonds. The molecule has 1 aliphatic rings. The number of amides is 1. The number of aliphatic hydroxyl groups excluding tert-OH is 1. The van der Waals surface area contributed by atoms with Gasteiger partial charge in [0.25, 0.3) is 0 Å². The number of ether oxygens (including phenoxy) is 1. The molecule has 23 heavy (non-hydrogen) atoms. The fourth-order valence-corrected chi connectivity index (χ4v) is 3.06. The quantitative estimate of drug-likeness (QED) is 0.799. The number of hydrogen-bond donors (Lipinski definition) is 3. The van der Waals surface area contributed by atoms with E-state index in [-0.39, 0.29) is 12.1 Å². The first-order chi connectivity index (χ1) is 10.7. The maximum Gasteiger partial charge on any atom is 0.408 e. The first kappa shape index (κ1) is 17.8.